The summed E-state index contributed by atoms with van der Waals surface area (Å²) < 4.78 is 48.2. The van der Waals surface area contributed by atoms with Crippen LogP contribution < -0.4 is 43.6 Å². The van der Waals surface area contributed by atoms with Gasteiger partial charge in [0.05, 0.1) is 91.8 Å². The highest BCUT2D eigenvalue weighted by atomic mass is 35.5. The fourth-order valence-corrected chi connectivity index (χ4v) is 18.7. The van der Waals surface area contributed by atoms with Gasteiger partial charge in [-0.3, -0.25) is 19.4 Å². The molecule has 3 saturated heterocycles. The number of amides is 3. The first kappa shape index (κ1) is 102. The molecule has 0 N–H and O–H groups in total. The molecule has 0 radical (unpaired) electrons. The van der Waals surface area contributed by atoms with E-state index in [9.17, 15) is 18.8 Å². The van der Waals surface area contributed by atoms with Gasteiger partial charge < -0.3 is 96.9 Å². The van der Waals surface area contributed by atoms with Gasteiger partial charge in [-0.15, -0.1) is 0 Å². The van der Waals surface area contributed by atoms with Crippen molar-refractivity contribution in [2.75, 3.05) is 215 Å². The first-order chi connectivity index (χ1) is 64.9. The Balaban J connectivity index is 0.000000171. The van der Waals surface area contributed by atoms with E-state index in [1.54, 1.807) is 17.1 Å². The molecule has 720 valence electrons. The van der Waals surface area contributed by atoms with Gasteiger partial charge in [-0.25, -0.2) is 24.1 Å². The number of benzene rings is 5. The molecule has 4 aromatic heterocycles. The maximum atomic E-state index is 13.1. The Bertz CT molecular complexity index is 5640. The zero-order valence-corrected chi connectivity index (χ0v) is 82.3. The van der Waals surface area contributed by atoms with Crippen LogP contribution in [0.25, 0.3) is 46.9 Å². The van der Waals surface area contributed by atoms with E-state index in [2.05, 4.69) is 142 Å². The summed E-state index contributed by atoms with van der Waals surface area (Å²) in [4.78, 5) is 107. The van der Waals surface area contributed by atoms with Crippen LogP contribution in [-0.4, -0.2) is 299 Å². The molecule has 35 heteroatoms. The van der Waals surface area contributed by atoms with E-state index in [-0.39, 0.29) is 96.0 Å². The van der Waals surface area contributed by atoms with Gasteiger partial charge in [-0.2, -0.15) is 70.4 Å². The Morgan fingerprint density at radius 1 is 0.426 bits per heavy atom. The minimum Gasteiger partial charge on any atom is -0.461 e. The Kier molecular flexibility index (Phi) is 36.5. The number of likely N-dealkylation sites (N-methyl/N-ethyl adjacent to an activating group) is 2. The van der Waals surface area contributed by atoms with Crippen LogP contribution in [0.3, 0.4) is 0 Å². The third-order valence-corrected chi connectivity index (χ3v) is 25.8. The van der Waals surface area contributed by atoms with E-state index in [0.717, 1.165) is 161 Å². The highest BCUT2D eigenvalue weighted by molar-refractivity contribution is 7.59. The van der Waals surface area contributed by atoms with Crippen LogP contribution in [-0.2, 0) is 67.5 Å². The number of aromatic nitrogens is 7. The normalized spacial score (nSPS) is 18.1. The van der Waals surface area contributed by atoms with Crippen LogP contribution in [0, 0.1) is 33.6 Å². The van der Waals surface area contributed by atoms with Gasteiger partial charge in [0.1, 0.15) is 62.1 Å². The highest BCUT2D eigenvalue weighted by Crippen LogP contribution is 2.42. The van der Waals surface area contributed by atoms with Crippen LogP contribution in [0.2, 0.25) is 5.02 Å². The van der Waals surface area contributed by atoms with E-state index in [4.69, 9.17) is 89.6 Å². The average Bonchev–Trinajstić information content (AvgIpc) is 1.20. The van der Waals surface area contributed by atoms with Gasteiger partial charge in [-0.05, 0) is 146 Å². The predicted molar refractivity (Wildman–Crippen MR) is 547 cm³/mol. The lowest BCUT2D eigenvalue weighted by atomic mass is 9.99. The molecule has 18 rings (SSSR count). The van der Waals surface area contributed by atoms with E-state index in [1.165, 1.54) is 45.1 Å². The van der Waals surface area contributed by atoms with Gasteiger partial charge in [0, 0.05) is 166 Å². The van der Waals surface area contributed by atoms with Crippen molar-refractivity contribution in [3.05, 3.63) is 224 Å². The summed E-state index contributed by atoms with van der Waals surface area (Å²) in [5.74, 6) is 2.10. The number of piperazine rings is 3. The van der Waals surface area contributed by atoms with Crippen LogP contribution >= 0.6 is 52.1 Å². The SMILES string of the molecule is S.S.S.[C-]#[N+]C[C@H]1CN(c2nc(OCCOC3CC3)nc3c2CCN(c2cccc4cccc(C)c24)C3)CCN1C(=O)/C=C/CN(C)C.[C-]#[N+]C[C@H]1CN(c2nc(OCCOC3CC3)nc3c2CCN(c2cccc4cccc(Cl)c24)C3)CCN1C(=O)/C=C/CN(C)C.[C-]#[N+]C[C@H]1CN(c2nc(OCCOC3CC3)nc3c2CCN(c2cncc4cccc(C)c24)C3)CCN1C(=O)/C=C/CF. The minimum absolute atomic E-state index is 0. The predicted octanol–water partition coefficient (Wildman–Crippen LogP) is 12.8. The number of carbonyl (C=O) groups is 3. The number of pyridine rings is 1. The lowest BCUT2D eigenvalue weighted by molar-refractivity contribution is -0.129. The Morgan fingerprint density at radius 2 is 0.772 bits per heavy atom. The van der Waals surface area contributed by atoms with Gasteiger partial charge in [-0.1, -0.05) is 96.5 Å². The maximum absolute atomic E-state index is 13.1. The lowest BCUT2D eigenvalue weighted by Crippen LogP contribution is -2.56. The lowest BCUT2D eigenvalue weighted by Gasteiger charge is -2.41. The average molecular weight is 1930 g/mol. The summed E-state index contributed by atoms with van der Waals surface area (Å²) in [7, 11) is 7.87. The molecular weight excluding hydrogens is 1800 g/mol. The van der Waals surface area contributed by atoms with Crippen molar-refractivity contribution in [2.24, 2.45) is 0 Å². The monoisotopic (exact) mass is 1930 g/mol. The number of ether oxygens (including phenoxy) is 6. The molecule has 136 heavy (non-hydrogen) atoms. The number of carbonyl (C=O) groups excluding carboxylic acids is 3. The third kappa shape index (κ3) is 25.7. The van der Waals surface area contributed by atoms with Gasteiger partial charge in [0.15, 0.2) is 0 Å². The molecule has 5 aromatic carbocycles. The zero-order valence-electron chi connectivity index (χ0n) is 78.5. The first-order valence-electron chi connectivity index (χ1n) is 46.5. The Morgan fingerprint density at radius 3 is 1.15 bits per heavy atom. The number of fused-ring (bicyclic) bond motifs is 6. The minimum atomic E-state index is -0.702. The summed E-state index contributed by atoms with van der Waals surface area (Å²) in [6.45, 7) is 39.8. The summed E-state index contributed by atoms with van der Waals surface area (Å²) in [6.07, 6.45) is 23.3. The van der Waals surface area contributed by atoms with Crippen molar-refractivity contribution in [2.45, 2.75) is 128 Å². The standard InChI is InChI=1S/C35H43N7O3.C34H40ClN7O3.C32H36FN7O3.3H2S/c1-25-8-5-9-26-10-6-11-31(33(25)26)40-17-15-29-30(24-40)37-35(45-21-20-44-28-13-14-28)38-34(29)41-18-19-42(27(23-41)22-36-2)32(43)12-7-16-39(3)4;1-36-21-25-22-41(17-18-42(25)31(43)11-6-15-39(2)3)33-27-14-16-40(30-10-5-8-24-7-4-9-28(35)32(24)30)23-29(27)37-34(38-33)45-20-19-44-26-12-13-26;1-22-5-3-6-23-17-35-19-28(30(22)23)38-12-10-26-27(21-38)36-32(43-16-15-42-25-8-9-25)37-31(26)39-13-14-40(24(20-39)18-34-2)29(41)7-4-11-33;;;/h5-12,27-28H,13-24H2,1,3-4H3;4-11,25-26H,12-23H2,2-3H3;3-7,17,19,24-25H,8-16,18,20-21H2,1H3;3*1H2/b12-7+;11-6+;7-4+;;;/t27-;25-;24-;;;/m000.../s1. The molecule has 0 spiro atoms. The van der Waals surface area contributed by atoms with Gasteiger partial charge in [0.2, 0.25) is 37.4 Å². The molecule has 3 amide bonds. The summed E-state index contributed by atoms with van der Waals surface area (Å²) in [6, 6.07) is 31.6. The highest BCUT2D eigenvalue weighted by Gasteiger charge is 2.40. The maximum Gasteiger partial charge on any atom is 0.318 e. The number of anilines is 6. The summed E-state index contributed by atoms with van der Waals surface area (Å²) in [5, 5.41) is 7.66. The van der Waals surface area contributed by atoms with E-state index >= 15 is 0 Å². The van der Waals surface area contributed by atoms with Crippen molar-refractivity contribution in [1.82, 2.24) is 59.4 Å². The smallest absolute Gasteiger partial charge is 0.318 e. The molecule has 10 heterocycles. The third-order valence-electron chi connectivity index (χ3n) is 25.5. The number of aryl methyl sites for hydroxylation is 2. The van der Waals surface area contributed by atoms with Crippen molar-refractivity contribution >= 4 is 137 Å². The fourth-order valence-electron chi connectivity index (χ4n) is 18.4. The molecule has 3 saturated carbocycles. The van der Waals surface area contributed by atoms with Crippen LogP contribution in [0.15, 0.2) is 140 Å². The number of hydrogen-bond donors (Lipinski definition) is 0. The number of nitrogens with zero attached hydrogens (tertiary/aromatic N) is 21. The van der Waals surface area contributed by atoms with Gasteiger partial charge >= 0.3 is 18.0 Å². The first-order valence-corrected chi connectivity index (χ1v) is 46.9. The van der Waals surface area contributed by atoms with Crippen molar-refractivity contribution in [3.8, 4) is 18.0 Å². The summed E-state index contributed by atoms with van der Waals surface area (Å²) in [5.41, 5.74) is 11.9. The molecule has 9 aliphatic rings. The molecule has 9 aromatic rings. The number of rotatable bonds is 32. The van der Waals surface area contributed by atoms with E-state index in [1.807, 2.05) is 84.5 Å². The van der Waals surface area contributed by atoms with Crippen molar-refractivity contribution in [1.29, 1.82) is 0 Å². The molecule has 6 aliphatic heterocycles. The second kappa shape index (κ2) is 48.6. The number of allylic oxidation sites excluding steroid dienone is 1. The van der Waals surface area contributed by atoms with E-state index in [0.29, 0.717) is 168 Å². The molecule has 30 nitrogen and oxygen atoms in total. The van der Waals surface area contributed by atoms with Crippen LogP contribution in [0.5, 0.6) is 18.0 Å². The Hall–Kier alpha value is -11.4. The van der Waals surface area contributed by atoms with Crippen LogP contribution in [0.4, 0.5) is 38.9 Å². The van der Waals surface area contributed by atoms with Crippen molar-refractivity contribution < 1.29 is 47.2 Å². The molecule has 3 aliphatic carbocycles. The zero-order chi connectivity index (χ0) is 92.4. The number of halogens is 2. The molecule has 0 bridgehead atoms. The Labute approximate surface area is 822 Å². The van der Waals surface area contributed by atoms with Crippen molar-refractivity contribution in [3.63, 3.8) is 0 Å². The molecule has 0 unspecified atom stereocenters. The fraction of sp³-hybridized carbons (Fsp3) is 0.475. The largest absolute Gasteiger partial charge is 0.461 e. The second-order valence-corrected chi connectivity index (χ2v) is 36.1. The molecule has 6 fully saturated rings. The quantitative estimate of drug-likeness (QED) is 0.0216. The molecular formula is C101H125ClFN21O9S3. The summed E-state index contributed by atoms with van der Waals surface area (Å²) >= 11 is 6.70. The second-order valence-electron chi connectivity index (χ2n) is 35.7. The van der Waals surface area contributed by atoms with E-state index < -0.39 is 6.67 Å². The topological polar surface area (TPSA) is 246 Å². The molecule has 3 atom stereocenters. The van der Waals surface area contributed by atoms with Crippen LogP contribution in [0.1, 0.15) is 83.4 Å². The number of hydrogen-bond acceptors (Lipinski definition) is 24. The number of alkyl halides is 1. The van der Waals surface area contributed by atoms with Gasteiger partial charge in [0.25, 0.3) is 0 Å².